The third-order valence-corrected chi connectivity index (χ3v) is 5.64. The van der Waals surface area contributed by atoms with Gasteiger partial charge in [-0.15, -0.1) is 0 Å². The average Bonchev–Trinajstić information content (AvgIpc) is 2.66. The molecule has 0 saturated carbocycles. The van der Waals surface area contributed by atoms with Gasteiger partial charge in [-0.2, -0.15) is 0 Å². The Bertz CT molecular complexity index is 1200. The van der Waals surface area contributed by atoms with Crippen molar-refractivity contribution in [1.82, 2.24) is 14.9 Å². The molecule has 6 nitrogen and oxygen atoms in total. The van der Waals surface area contributed by atoms with E-state index in [2.05, 4.69) is 16.0 Å². The summed E-state index contributed by atoms with van der Waals surface area (Å²) >= 11 is 0. The number of sulfone groups is 1. The third-order valence-electron chi connectivity index (χ3n) is 4.78. The summed E-state index contributed by atoms with van der Waals surface area (Å²) < 4.78 is 24.0. The molecular weight excluding hydrogens is 398 g/mol. The molecular formula is C23H25N3O3S. The number of hydrogen-bond donors (Lipinski definition) is 0. The largest absolute Gasteiger partial charge is 0.337 e. The number of benzene rings is 2. The van der Waals surface area contributed by atoms with Gasteiger partial charge in [-0.3, -0.25) is 4.79 Å². The SMILES string of the molecule is Cc1cc(C)cc(CN(C)C(=O)c2cnc(S(C)(=O)=O)nc2-c2ccccc2C)c1. The molecule has 7 heteroatoms. The van der Waals surface area contributed by atoms with E-state index >= 15 is 0 Å². The van der Waals surface area contributed by atoms with Gasteiger partial charge in [0, 0.05) is 31.6 Å². The number of hydrogen-bond acceptors (Lipinski definition) is 5. The van der Waals surface area contributed by atoms with Crippen LogP contribution in [0, 0.1) is 20.8 Å². The van der Waals surface area contributed by atoms with Crippen LogP contribution in [0.4, 0.5) is 0 Å². The fraction of sp³-hybridized carbons (Fsp3) is 0.261. The quantitative estimate of drug-likeness (QED) is 0.584. The molecule has 30 heavy (non-hydrogen) atoms. The Labute approximate surface area is 177 Å². The van der Waals surface area contributed by atoms with Gasteiger partial charge in [0.15, 0.2) is 0 Å². The minimum atomic E-state index is -3.61. The molecule has 0 N–H and O–H groups in total. The lowest BCUT2D eigenvalue weighted by Crippen LogP contribution is -2.27. The second kappa shape index (κ2) is 8.36. The molecule has 0 aliphatic rings. The number of aromatic nitrogens is 2. The lowest BCUT2D eigenvalue weighted by Gasteiger charge is -2.20. The summed E-state index contributed by atoms with van der Waals surface area (Å²) in [6.45, 7) is 6.35. The van der Waals surface area contributed by atoms with E-state index in [1.807, 2.05) is 57.2 Å². The maximum absolute atomic E-state index is 13.3. The number of nitrogens with zero attached hydrogens (tertiary/aromatic N) is 3. The van der Waals surface area contributed by atoms with Crippen LogP contribution in [0.15, 0.2) is 53.8 Å². The zero-order chi connectivity index (χ0) is 22.1. The van der Waals surface area contributed by atoms with Crippen LogP contribution in [0.3, 0.4) is 0 Å². The smallest absolute Gasteiger partial charge is 0.257 e. The maximum atomic E-state index is 13.3. The predicted octanol–water partition coefficient (Wildman–Crippen LogP) is 3.74. The van der Waals surface area contributed by atoms with E-state index in [4.69, 9.17) is 0 Å². The molecule has 0 fully saturated rings. The molecule has 0 aliphatic carbocycles. The van der Waals surface area contributed by atoms with Gasteiger partial charge in [0.2, 0.25) is 15.0 Å². The fourth-order valence-corrected chi connectivity index (χ4v) is 3.96. The predicted molar refractivity (Wildman–Crippen MR) is 117 cm³/mol. The average molecular weight is 424 g/mol. The van der Waals surface area contributed by atoms with Gasteiger partial charge < -0.3 is 4.90 Å². The zero-order valence-electron chi connectivity index (χ0n) is 17.8. The van der Waals surface area contributed by atoms with Crippen molar-refractivity contribution in [2.45, 2.75) is 32.5 Å². The molecule has 1 aromatic heterocycles. The first kappa shape index (κ1) is 21.6. The summed E-state index contributed by atoms with van der Waals surface area (Å²) in [5.74, 6) is -0.271. The molecule has 1 amide bonds. The van der Waals surface area contributed by atoms with Crippen molar-refractivity contribution in [3.05, 3.63) is 76.5 Å². The van der Waals surface area contributed by atoms with E-state index in [0.717, 1.165) is 28.5 Å². The van der Waals surface area contributed by atoms with Gasteiger partial charge >= 0.3 is 0 Å². The number of amides is 1. The molecule has 0 spiro atoms. The number of carbonyl (C=O) groups is 1. The molecule has 0 radical (unpaired) electrons. The minimum Gasteiger partial charge on any atom is -0.337 e. The molecule has 0 aliphatic heterocycles. The van der Waals surface area contributed by atoms with Crippen molar-refractivity contribution in [2.75, 3.05) is 13.3 Å². The van der Waals surface area contributed by atoms with Gasteiger partial charge in [0.25, 0.3) is 5.91 Å². The van der Waals surface area contributed by atoms with E-state index in [9.17, 15) is 13.2 Å². The van der Waals surface area contributed by atoms with E-state index < -0.39 is 9.84 Å². The first-order chi connectivity index (χ1) is 14.1. The molecule has 3 aromatic rings. The molecule has 2 aromatic carbocycles. The molecule has 1 heterocycles. The van der Waals surface area contributed by atoms with Crippen LogP contribution in [0.5, 0.6) is 0 Å². The second-order valence-corrected chi connectivity index (χ2v) is 9.57. The van der Waals surface area contributed by atoms with E-state index in [1.54, 1.807) is 11.9 Å². The lowest BCUT2D eigenvalue weighted by molar-refractivity contribution is 0.0784. The van der Waals surface area contributed by atoms with Crippen LogP contribution in [0.25, 0.3) is 11.3 Å². The summed E-state index contributed by atoms with van der Waals surface area (Å²) in [5.41, 5.74) is 5.47. The van der Waals surface area contributed by atoms with E-state index in [1.165, 1.54) is 6.20 Å². The molecule has 3 rings (SSSR count). The second-order valence-electron chi connectivity index (χ2n) is 7.66. The molecule has 0 atom stereocenters. The van der Waals surface area contributed by atoms with Crippen LogP contribution >= 0.6 is 0 Å². The van der Waals surface area contributed by atoms with Crippen LogP contribution in [0.2, 0.25) is 0 Å². The minimum absolute atomic E-state index is 0.267. The standard InChI is InChI=1S/C23H25N3O3S/c1-15-10-16(2)12-18(11-15)14-26(4)22(27)20-13-24-23(30(5,28)29)25-21(20)19-9-7-6-8-17(19)3/h6-13H,14H2,1-5H3. The highest BCUT2D eigenvalue weighted by atomic mass is 32.2. The lowest BCUT2D eigenvalue weighted by atomic mass is 10.0. The summed E-state index contributed by atoms with van der Waals surface area (Å²) in [6, 6.07) is 13.6. The highest BCUT2D eigenvalue weighted by Gasteiger charge is 2.23. The Morgan fingerprint density at radius 3 is 2.27 bits per heavy atom. The van der Waals surface area contributed by atoms with Gasteiger partial charge in [-0.1, -0.05) is 53.6 Å². The maximum Gasteiger partial charge on any atom is 0.257 e. The summed E-state index contributed by atoms with van der Waals surface area (Å²) in [6.07, 6.45) is 2.36. The molecule has 0 saturated heterocycles. The first-order valence-electron chi connectivity index (χ1n) is 9.52. The summed E-state index contributed by atoms with van der Waals surface area (Å²) in [7, 11) is -1.90. The van der Waals surface area contributed by atoms with Gasteiger partial charge in [-0.25, -0.2) is 18.4 Å². The molecule has 156 valence electrons. The Morgan fingerprint density at radius 1 is 1.03 bits per heavy atom. The van der Waals surface area contributed by atoms with Gasteiger partial charge in [0.05, 0.1) is 11.3 Å². The Kier molecular flexibility index (Phi) is 6.03. The fourth-order valence-electron chi connectivity index (χ4n) is 3.46. The van der Waals surface area contributed by atoms with Gasteiger partial charge in [-0.05, 0) is 31.9 Å². The highest BCUT2D eigenvalue weighted by Crippen LogP contribution is 2.27. The van der Waals surface area contributed by atoms with Crippen molar-refractivity contribution in [3.63, 3.8) is 0 Å². The zero-order valence-corrected chi connectivity index (χ0v) is 18.6. The van der Waals surface area contributed by atoms with Gasteiger partial charge in [0.1, 0.15) is 0 Å². The van der Waals surface area contributed by atoms with Crippen molar-refractivity contribution >= 4 is 15.7 Å². The van der Waals surface area contributed by atoms with Crippen LogP contribution < -0.4 is 0 Å². The Morgan fingerprint density at radius 2 is 1.67 bits per heavy atom. The first-order valence-corrected chi connectivity index (χ1v) is 11.4. The van der Waals surface area contributed by atoms with Crippen LogP contribution in [-0.2, 0) is 16.4 Å². The summed E-state index contributed by atoms with van der Waals surface area (Å²) in [4.78, 5) is 23.1. The number of rotatable bonds is 5. The van der Waals surface area contributed by atoms with Crippen LogP contribution in [0.1, 0.15) is 32.6 Å². The van der Waals surface area contributed by atoms with Crippen LogP contribution in [-0.4, -0.2) is 42.5 Å². The summed E-state index contributed by atoms with van der Waals surface area (Å²) in [5, 5.41) is -0.297. The Balaban J connectivity index is 2.05. The van der Waals surface area contributed by atoms with Crippen molar-refractivity contribution < 1.29 is 13.2 Å². The van der Waals surface area contributed by atoms with Crippen molar-refractivity contribution in [2.24, 2.45) is 0 Å². The monoisotopic (exact) mass is 423 g/mol. The normalized spacial score (nSPS) is 11.4. The van der Waals surface area contributed by atoms with Crippen molar-refractivity contribution in [3.8, 4) is 11.3 Å². The number of aryl methyl sites for hydroxylation is 3. The topological polar surface area (TPSA) is 80.2 Å². The van der Waals surface area contributed by atoms with E-state index in [-0.39, 0.29) is 16.6 Å². The highest BCUT2D eigenvalue weighted by molar-refractivity contribution is 7.90. The third kappa shape index (κ3) is 4.74. The molecule has 0 unspecified atom stereocenters. The van der Waals surface area contributed by atoms with E-state index in [0.29, 0.717) is 17.8 Å². The number of carbonyl (C=O) groups excluding carboxylic acids is 1. The Hall–Kier alpha value is -3.06. The van der Waals surface area contributed by atoms with Crippen molar-refractivity contribution in [1.29, 1.82) is 0 Å². The molecule has 0 bridgehead atoms.